The van der Waals surface area contributed by atoms with E-state index in [9.17, 15) is 14.7 Å². The van der Waals surface area contributed by atoms with Gasteiger partial charge >= 0.3 is 5.97 Å². The summed E-state index contributed by atoms with van der Waals surface area (Å²) in [5.41, 5.74) is 0.715. The average Bonchev–Trinajstić information content (AvgIpc) is 2.83. The van der Waals surface area contributed by atoms with E-state index in [1.165, 1.54) is 19.4 Å². The van der Waals surface area contributed by atoms with Crippen LogP contribution >= 0.6 is 0 Å². The number of carbonyl (C=O) groups is 2. The van der Waals surface area contributed by atoms with Crippen molar-refractivity contribution in [1.29, 1.82) is 0 Å². The van der Waals surface area contributed by atoms with Crippen molar-refractivity contribution in [3.63, 3.8) is 0 Å². The predicted molar refractivity (Wildman–Crippen MR) is 122 cm³/mol. The number of aromatic nitrogens is 1. The molecule has 0 aliphatic heterocycles. The summed E-state index contributed by atoms with van der Waals surface area (Å²) in [5, 5.41) is 10.2. The molecule has 0 saturated carbocycles. The fourth-order valence-electron chi connectivity index (χ4n) is 3.35. The molecule has 0 aliphatic carbocycles. The molecule has 33 heavy (non-hydrogen) atoms. The number of ketones is 1. The van der Waals surface area contributed by atoms with Crippen molar-refractivity contribution < 1.29 is 28.9 Å². The van der Waals surface area contributed by atoms with E-state index in [0.717, 1.165) is 5.56 Å². The van der Waals surface area contributed by atoms with Gasteiger partial charge in [-0.05, 0) is 24.6 Å². The summed E-state index contributed by atoms with van der Waals surface area (Å²) < 4.78 is 16.8. The summed E-state index contributed by atoms with van der Waals surface area (Å²) in [6.45, 7) is 3.35. The van der Waals surface area contributed by atoms with Gasteiger partial charge in [-0.2, -0.15) is 0 Å². The van der Waals surface area contributed by atoms with E-state index in [-0.39, 0.29) is 23.6 Å². The molecule has 3 atom stereocenters. The zero-order valence-electron chi connectivity index (χ0n) is 18.8. The standard InChI is InChI=1S/C26H27NO6/c1-17(16-21(28)23-24(29)22(31-3)14-15-27-23)26(30)32-18(2)25(19-10-6-4-7-11-19)33-20-12-8-5-9-13-20/h4-15,17-18,25,29H,16H2,1-3H3/t17-,18+,25+/m0/s1. The number of aromatic hydroxyl groups is 1. The minimum Gasteiger partial charge on any atom is -0.503 e. The smallest absolute Gasteiger partial charge is 0.309 e. The van der Waals surface area contributed by atoms with E-state index < -0.39 is 29.9 Å². The molecule has 172 valence electrons. The van der Waals surface area contributed by atoms with E-state index in [0.29, 0.717) is 5.75 Å². The second-order valence-corrected chi connectivity index (χ2v) is 7.64. The van der Waals surface area contributed by atoms with E-state index >= 15 is 0 Å². The zero-order valence-corrected chi connectivity index (χ0v) is 18.8. The Hall–Kier alpha value is -3.87. The van der Waals surface area contributed by atoms with Crippen LogP contribution in [0.3, 0.4) is 0 Å². The van der Waals surface area contributed by atoms with Crippen LogP contribution in [0.5, 0.6) is 17.2 Å². The lowest BCUT2D eigenvalue weighted by Gasteiger charge is -2.26. The van der Waals surface area contributed by atoms with Crippen molar-refractivity contribution in [2.45, 2.75) is 32.5 Å². The number of para-hydroxylation sites is 1. The Morgan fingerprint density at radius 2 is 1.61 bits per heavy atom. The van der Waals surface area contributed by atoms with Gasteiger partial charge in [0.05, 0.1) is 13.0 Å². The lowest BCUT2D eigenvalue weighted by atomic mass is 10.0. The third-order valence-corrected chi connectivity index (χ3v) is 5.13. The van der Waals surface area contributed by atoms with Crippen molar-refractivity contribution in [1.82, 2.24) is 4.98 Å². The van der Waals surface area contributed by atoms with Gasteiger partial charge < -0.3 is 19.3 Å². The van der Waals surface area contributed by atoms with Crippen LogP contribution in [0.2, 0.25) is 0 Å². The monoisotopic (exact) mass is 449 g/mol. The van der Waals surface area contributed by atoms with Crippen molar-refractivity contribution >= 4 is 11.8 Å². The summed E-state index contributed by atoms with van der Waals surface area (Å²) in [4.78, 5) is 29.3. The number of hydrogen-bond acceptors (Lipinski definition) is 7. The van der Waals surface area contributed by atoms with E-state index in [1.54, 1.807) is 13.8 Å². The third-order valence-electron chi connectivity index (χ3n) is 5.13. The molecule has 0 amide bonds. The van der Waals surface area contributed by atoms with E-state index in [4.69, 9.17) is 14.2 Å². The van der Waals surface area contributed by atoms with Crippen molar-refractivity contribution in [2.24, 2.45) is 5.92 Å². The number of benzene rings is 2. The topological polar surface area (TPSA) is 95.0 Å². The number of hydrogen-bond donors (Lipinski definition) is 1. The molecule has 2 aromatic carbocycles. The molecule has 3 rings (SSSR count). The zero-order chi connectivity index (χ0) is 23.8. The normalized spacial score (nSPS) is 13.4. The minimum atomic E-state index is -0.750. The first-order valence-corrected chi connectivity index (χ1v) is 10.6. The van der Waals surface area contributed by atoms with Crippen LogP contribution in [0.4, 0.5) is 0 Å². The van der Waals surface area contributed by atoms with Gasteiger partial charge in [0.15, 0.2) is 29.1 Å². The van der Waals surface area contributed by atoms with Crippen LogP contribution in [0, 0.1) is 5.92 Å². The predicted octanol–water partition coefficient (Wildman–Crippen LogP) is 4.76. The second-order valence-electron chi connectivity index (χ2n) is 7.64. The van der Waals surface area contributed by atoms with Gasteiger partial charge in [0.25, 0.3) is 0 Å². The number of ether oxygens (including phenoxy) is 3. The minimum absolute atomic E-state index is 0.140. The molecule has 7 nitrogen and oxygen atoms in total. The molecule has 1 aromatic heterocycles. The highest BCUT2D eigenvalue weighted by atomic mass is 16.6. The Bertz CT molecular complexity index is 1070. The summed E-state index contributed by atoms with van der Waals surface area (Å²) in [7, 11) is 1.38. The number of rotatable bonds is 10. The largest absolute Gasteiger partial charge is 0.503 e. The number of Topliss-reactive ketones (excluding diaryl/α,β-unsaturated/α-hetero) is 1. The van der Waals surface area contributed by atoms with Crippen molar-refractivity contribution in [3.05, 3.63) is 84.2 Å². The fraction of sp³-hybridized carbons (Fsp3) is 0.269. The molecule has 0 bridgehead atoms. The highest BCUT2D eigenvalue weighted by molar-refractivity contribution is 5.99. The Labute approximate surface area is 193 Å². The molecule has 0 fully saturated rings. The van der Waals surface area contributed by atoms with Gasteiger partial charge in [-0.15, -0.1) is 0 Å². The highest BCUT2D eigenvalue weighted by Gasteiger charge is 2.29. The van der Waals surface area contributed by atoms with E-state index in [1.807, 2.05) is 60.7 Å². The fourth-order valence-corrected chi connectivity index (χ4v) is 3.35. The Balaban J connectivity index is 1.69. The molecule has 0 unspecified atom stereocenters. The van der Waals surface area contributed by atoms with Gasteiger partial charge in [0.2, 0.25) is 0 Å². The first-order valence-electron chi connectivity index (χ1n) is 10.6. The third kappa shape index (κ3) is 6.10. The van der Waals surface area contributed by atoms with Gasteiger partial charge in [0.1, 0.15) is 11.9 Å². The average molecular weight is 450 g/mol. The SMILES string of the molecule is COc1ccnc(C(=O)C[C@H](C)C(=O)O[C@H](C)[C@@H](Oc2ccccc2)c2ccccc2)c1O. The van der Waals surface area contributed by atoms with Crippen molar-refractivity contribution in [3.8, 4) is 17.2 Å². The van der Waals surface area contributed by atoms with Crippen molar-refractivity contribution in [2.75, 3.05) is 7.11 Å². The van der Waals surface area contributed by atoms with Crippen LogP contribution in [0.1, 0.15) is 42.4 Å². The summed E-state index contributed by atoms with van der Waals surface area (Å²) in [5.74, 6) is -1.34. The van der Waals surface area contributed by atoms with Crippen LogP contribution in [-0.4, -0.2) is 35.1 Å². The molecule has 0 saturated heterocycles. The molecule has 1 heterocycles. The first-order chi connectivity index (χ1) is 15.9. The number of carbonyl (C=O) groups excluding carboxylic acids is 2. The lowest BCUT2D eigenvalue weighted by molar-refractivity contribution is -0.157. The number of esters is 1. The maximum atomic E-state index is 12.8. The molecular formula is C26H27NO6. The van der Waals surface area contributed by atoms with Crippen LogP contribution < -0.4 is 9.47 Å². The van der Waals surface area contributed by atoms with E-state index in [2.05, 4.69) is 4.98 Å². The summed E-state index contributed by atoms with van der Waals surface area (Å²) >= 11 is 0. The Morgan fingerprint density at radius 1 is 0.970 bits per heavy atom. The number of methoxy groups -OCH3 is 1. The number of pyridine rings is 1. The van der Waals surface area contributed by atoms with Gasteiger partial charge in [-0.25, -0.2) is 4.98 Å². The van der Waals surface area contributed by atoms with Gasteiger partial charge in [-0.1, -0.05) is 55.5 Å². The van der Waals surface area contributed by atoms with Crippen LogP contribution in [-0.2, 0) is 9.53 Å². The lowest BCUT2D eigenvalue weighted by Crippen LogP contribution is -2.29. The molecule has 0 aliphatic rings. The molecule has 7 heteroatoms. The van der Waals surface area contributed by atoms with Gasteiger partial charge in [0, 0.05) is 18.7 Å². The maximum Gasteiger partial charge on any atom is 0.309 e. The molecule has 3 aromatic rings. The quantitative estimate of drug-likeness (QED) is 0.352. The Morgan fingerprint density at radius 3 is 2.24 bits per heavy atom. The molecular weight excluding hydrogens is 422 g/mol. The maximum absolute atomic E-state index is 12.8. The second kappa shape index (κ2) is 11.1. The first kappa shape index (κ1) is 23.8. The number of nitrogens with zero attached hydrogens (tertiary/aromatic N) is 1. The van der Waals surface area contributed by atoms with Crippen LogP contribution in [0.15, 0.2) is 72.9 Å². The summed E-state index contributed by atoms with van der Waals surface area (Å²) in [6, 6.07) is 20.2. The summed E-state index contributed by atoms with van der Waals surface area (Å²) in [6.07, 6.45) is 0.0300. The Kier molecular flexibility index (Phi) is 8.02. The molecule has 1 N–H and O–H groups in total. The van der Waals surface area contributed by atoms with Gasteiger partial charge in [-0.3, -0.25) is 9.59 Å². The molecule has 0 radical (unpaired) electrons. The highest BCUT2D eigenvalue weighted by Crippen LogP contribution is 2.30. The molecule has 0 spiro atoms. The van der Waals surface area contributed by atoms with Crippen LogP contribution in [0.25, 0.3) is 0 Å².